The molecule has 7 heteroatoms. The SMILES string of the molecule is CCOP(=O)(Cc1c(N)n[nH]c1C)OCC. The van der Waals surface area contributed by atoms with Gasteiger partial charge in [0.15, 0.2) is 0 Å². The molecule has 1 heterocycles. The second-order valence-electron chi connectivity index (χ2n) is 3.32. The molecule has 0 bridgehead atoms. The summed E-state index contributed by atoms with van der Waals surface area (Å²) in [6.07, 6.45) is 0.156. The second kappa shape index (κ2) is 5.48. The summed E-state index contributed by atoms with van der Waals surface area (Å²) in [6, 6.07) is 0. The van der Waals surface area contributed by atoms with Gasteiger partial charge in [-0.05, 0) is 20.8 Å². The number of rotatable bonds is 6. The Bertz CT molecular complexity index is 362. The lowest BCUT2D eigenvalue weighted by atomic mass is 10.3. The number of aryl methyl sites for hydroxylation is 1. The second-order valence-corrected chi connectivity index (χ2v) is 5.37. The molecule has 0 saturated carbocycles. The molecular weight excluding hydrogens is 229 g/mol. The maximum atomic E-state index is 12.2. The van der Waals surface area contributed by atoms with Crippen LogP contribution in [-0.4, -0.2) is 23.4 Å². The number of nitrogens with one attached hydrogen (secondary N) is 1. The van der Waals surface area contributed by atoms with Gasteiger partial charge in [-0.1, -0.05) is 0 Å². The van der Waals surface area contributed by atoms with Gasteiger partial charge in [-0.25, -0.2) is 0 Å². The predicted octanol–water partition coefficient (Wildman–Crippen LogP) is 2.07. The van der Waals surface area contributed by atoms with E-state index in [0.29, 0.717) is 24.6 Å². The van der Waals surface area contributed by atoms with E-state index < -0.39 is 7.60 Å². The smallest absolute Gasteiger partial charge is 0.335 e. The fraction of sp³-hybridized carbons (Fsp3) is 0.667. The maximum absolute atomic E-state index is 12.2. The summed E-state index contributed by atoms with van der Waals surface area (Å²) in [4.78, 5) is 0. The van der Waals surface area contributed by atoms with E-state index in [4.69, 9.17) is 14.8 Å². The molecule has 0 atom stereocenters. The molecule has 1 rings (SSSR count). The van der Waals surface area contributed by atoms with Crippen molar-refractivity contribution in [2.45, 2.75) is 26.9 Å². The summed E-state index contributed by atoms with van der Waals surface area (Å²) in [7, 11) is -3.10. The quantitative estimate of drug-likeness (QED) is 0.751. The number of nitrogens with zero attached hydrogens (tertiary/aromatic N) is 1. The van der Waals surface area contributed by atoms with Crippen LogP contribution in [0.1, 0.15) is 25.1 Å². The van der Waals surface area contributed by atoms with Crippen LogP contribution in [0.4, 0.5) is 5.82 Å². The van der Waals surface area contributed by atoms with Crippen molar-refractivity contribution in [3.63, 3.8) is 0 Å². The van der Waals surface area contributed by atoms with Crippen LogP contribution in [0.5, 0.6) is 0 Å². The number of nitrogens with two attached hydrogens (primary N) is 1. The number of anilines is 1. The first kappa shape index (κ1) is 13.2. The van der Waals surface area contributed by atoms with Crippen molar-refractivity contribution in [1.29, 1.82) is 0 Å². The number of hydrogen-bond donors (Lipinski definition) is 2. The van der Waals surface area contributed by atoms with Crippen LogP contribution >= 0.6 is 7.60 Å². The molecular formula is C9H18N3O3P. The van der Waals surface area contributed by atoms with Gasteiger partial charge in [0, 0.05) is 11.3 Å². The summed E-state index contributed by atoms with van der Waals surface area (Å²) in [6.45, 7) is 6.05. The number of nitrogen functional groups attached to an aromatic ring is 1. The van der Waals surface area contributed by atoms with Gasteiger partial charge in [0.2, 0.25) is 0 Å². The van der Waals surface area contributed by atoms with E-state index >= 15 is 0 Å². The number of hydrogen-bond acceptors (Lipinski definition) is 5. The zero-order valence-corrected chi connectivity index (χ0v) is 10.7. The Kier molecular flexibility index (Phi) is 4.53. The summed E-state index contributed by atoms with van der Waals surface area (Å²) >= 11 is 0. The van der Waals surface area contributed by atoms with Crippen molar-refractivity contribution in [2.24, 2.45) is 0 Å². The minimum absolute atomic E-state index is 0.156. The first-order chi connectivity index (χ1) is 7.52. The van der Waals surface area contributed by atoms with Crippen LogP contribution in [0.25, 0.3) is 0 Å². The lowest BCUT2D eigenvalue weighted by molar-refractivity contribution is 0.219. The molecule has 6 nitrogen and oxygen atoms in total. The van der Waals surface area contributed by atoms with E-state index in [0.717, 1.165) is 5.69 Å². The molecule has 0 saturated heterocycles. The van der Waals surface area contributed by atoms with Crippen LogP contribution < -0.4 is 5.73 Å². The number of H-pyrrole nitrogens is 1. The highest BCUT2D eigenvalue weighted by molar-refractivity contribution is 7.53. The fourth-order valence-electron chi connectivity index (χ4n) is 1.39. The minimum atomic E-state index is -3.10. The van der Waals surface area contributed by atoms with Gasteiger partial charge >= 0.3 is 7.60 Å². The van der Waals surface area contributed by atoms with E-state index in [1.807, 2.05) is 6.92 Å². The third kappa shape index (κ3) is 3.07. The monoisotopic (exact) mass is 247 g/mol. The molecule has 0 aliphatic carbocycles. The Morgan fingerprint density at radius 2 is 1.94 bits per heavy atom. The molecule has 0 aliphatic rings. The maximum Gasteiger partial charge on any atom is 0.335 e. The van der Waals surface area contributed by atoms with Crippen molar-refractivity contribution in [3.05, 3.63) is 11.3 Å². The molecule has 1 aromatic rings. The van der Waals surface area contributed by atoms with Gasteiger partial charge in [0.05, 0.1) is 19.4 Å². The average molecular weight is 247 g/mol. The molecule has 0 spiro atoms. The molecule has 0 fully saturated rings. The normalized spacial score (nSPS) is 11.9. The third-order valence-electron chi connectivity index (χ3n) is 2.11. The molecule has 0 radical (unpaired) electrons. The summed E-state index contributed by atoms with van der Waals surface area (Å²) in [5.41, 5.74) is 7.15. The first-order valence-electron chi connectivity index (χ1n) is 5.19. The molecule has 92 valence electrons. The zero-order chi connectivity index (χ0) is 12.2. The lowest BCUT2D eigenvalue weighted by Gasteiger charge is -2.16. The van der Waals surface area contributed by atoms with Gasteiger partial charge < -0.3 is 14.8 Å². The predicted molar refractivity (Wildman–Crippen MR) is 62.3 cm³/mol. The van der Waals surface area contributed by atoms with Crippen molar-refractivity contribution in [1.82, 2.24) is 10.2 Å². The zero-order valence-electron chi connectivity index (χ0n) is 9.82. The third-order valence-corrected chi connectivity index (χ3v) is 4.12. The Labute approximate surface area is 95.0 Å². The lowest BCUT2D eigenvalue weighted by Crippen LogP contribution is -2.01. The fourth-order valence-corrected chi connectivity index (χ4v) is 3.22. The molecule has 0 aromatic carbocycles. The van der Waals surface area contributed by atoms with Crippen LogP contribution in [0, 0.1) is 6.92 Å². The van der Waals surface area contributed by atoms with Crippen LogP contribution in [0.3, 0.4) is 0 Å². The highest BCUT2D eigenvalue weighted by atomic mass is 31.2. The Morgan fingerprint density at radius 1 is 1.38 bits per heavy atom. The van der Waals surface area contributed by atoms with Gasteiger partial charge in [-0.2, -0.15) is 5.10 Å². The summed E-state index contributed by atoms with van der Waals surface area (Å²) in [5, 5.41) is 6.58. The Morgan fingerprint density at radius 3 is 2.31 bits per heavy atom. The Hall–Kier alpha value is -0.840. The van der Waals surface area contributed by atoms with Crippen LogP contribution in [0.2, 0.25) is 0 Å². The largest absolute Gasteiger partial charge is 0.382 e. The first-order valence-corrected chi connectivity index (χ1v) is 6.92. The molecule has 16 heavy (non-hydrogen) atoms. The van der Waals surface area contributed by atoms with Gasteiger partial charge in [0.25, 0.3) is 0 Å². The molecule has 3 N–H and O–H groups in total. The molecule has 0 amide bonds. The van der Waals surface area contributed by atoms with Gasteiger partial charge in [-0.15, -0.1) is 0 Å². The van der Waals surface area contributed by atoms with E-state index in [-0.39, 0.29) is 6.16 Å². The van der Waals surface area contributed by atoms with E-state index in [2.05, 4.69) is 10.2 Å². The molecule has 1 aromatic heterocycles. The highest BCUT2D eigenvalue weighted by Crippen LogP contribution is 2.52. The number of aromatic amines is 1. The van der Waals surface area contributed by atoms with Crippen LogP contribution in [-0.2, 0) is 19.8 Å². The summed E-state index contributed by atoms with van der Waals surface area (Å²) < 4.78 is 22.6. The highest BCUT2D eigenvalue weighted by Gasteiger charge is 2.27. The van der Waals surface area contributed by atoms with E-state index in [9.17, 15) is 4.57 Å². The summed E-state index contributed by atoms with van der Waals surface area (Å²) in [5.74, 6) is 0.345. The topological polar surface area (TPSA) is 90.2 Å². The number of aromatic nitrogens is 2. The Balaban J connectivity index is 2.87. The average Bonchev–Trinajstić information content (AvgIpc) is 2.50. The van der Waals surface area contributed by atoms with Crippen molar-refractivity contribution in [3.8, 4) is 0 Å². The van der Waals surface area contributed by atoms with Crippen molar-refractivity contribution >= 4 is 13.4 Å². The van der Waals surface area contributed by atoms with Gasteiger partial charge in [0.1, 0.15) is 5.82 Å². The van der Waals surface area contributed by atoms with Crippen molar-refractivity contribution < 1.29 is 13.6 Å². The molecule has 0 aliphatic heterocycles. The van der Waals surface area contributed by atoms with E-state index in [1.54, 1.807) is 13.8 Å². The standard InChI is InChI=1S/C9H18N3O3P/c1-4-14-16(13,15-5-2)6-8-7(3)11-12-9(8)10/h4-6H2,1-3H3,(H3,10,11,12). The van der Waals surface area contributed by atoms with E-state index in [1.165, 1.54) is 0 Å². The van der Waals surface area contributed by atoms with Crippen LogP contribution in [0.15, 0.2) is 0 Å². The van der Waals surface area contributed by atoms with Crippen molar-refractivity contribution in [2.75, 3.05) is 18.9 Å². The van der Waals surface area contributed by atoms with Gasteiger partial charge in [-0.3, -0.25) is 9.66 Å². The molecule has 0 unspecified atom stereocenters. The minimum Gasteiger partial charge on any atom is -0.382 e.